The second-order valence-electron chi connectivity index (χ2n) is 8.92. The fourth-order valence-corrected chi connectivity index (χ4v) is 4.04. The first kappa shape index (κ1) is 30.1. The molecule has 0 aromatic heterocycles. The summed E-state index contributed by atoms with van der Waals surface area (Å²) >= 11 is 0. The number of carbonyl (C=O) groups excluding carboxylic acids is 4. The number of benzene rings is 4. The van der Waals surface area contributed by atoms with Crippen molar-refractivity contribution in [3.05, 3.63) is 108 Å². The number of aliphatic carboxylic acids is 1. The summed E-state index contributed by atoms with van der Waals surface area (Å²) in [4.78, 5) is 64.4. The number of rotatable bonds is 10. The highest BCUT2D eigenvalue weighted by molar-refractivity contribution is 6.07. The maximum atomic E-state index is 13.3. The van der Waals surface area contributed by atoms with E-state index >= 15 is 0 Å². The predicted octanol–water partition coefficient (Wildman–Crippen LogP) is 3.15. The Bertz CT molecular complexity index is 1680. The van der Waals surface area contributed by atoms with Crippen molar-refractivity contribution < 1.29 is 48.0 Å². The number of hydrogen-bond acceptors (Lipinski definition) is 9. The average Bonchev–Trinajstić information content (AvgIpc) is 3.04. The average molecular weight is 587 g/mol. The largest absolute Gasteiger partial charge is 0.497 e. The summed E-state index contributed by atoms with van der Waals surface area (Å²) in [6, 6.07) is 23.4. The van der Waals surface area contributed by atoms with Gasteiger partial charge in [-0.15, -0.1) is 0 Å². The quantitative estimate of drug-likeness (QED) is 0.186. The zero-order valence-corrected chi connectivity index (χ0v) is 22.9. The predicted molar refractivity (Wildman–Crippen MR) is 152 cm³/mol. The molecule has 0 saturated heterocycles. The molecule has 0 aliphatic heterocycles. The normalized spacial score (nSPS) is 11.9. The van der Waals surface area contributed by atoms with Crippen LogP contribution >= 0.6 is 0 Å². The molecule has 0 heterocycles. The minimum atomic E-state index is -2.32. The Kier molecular flexibility index (Phi) is 9.53. The van der Waals surface area contributed by atoms with Crippen LogP contribution in [0.25, 0.3) is 10.8 Å². The summed E-state index contributed by atoms with van der Waals surface area (Å²) in [5.74, 6) is -5.49. The molecule has 220 valence electrons. The van der Waals surface area contributed by atoms with Crippen LogP contribution in [0.15, 0.2) is 91.0 Å². The number of carboxylic acid groups (broad SMARTS) is 1. The number of carbonyl (C=O) groups is 5. The van der Waals surface area contributed by atoms with Gasteiger partial charge in [0, 0.05) is 5.56 Å². The number of amides is 2. The number of hydrazine groups is 1. The molecule has 0 saturated carbocycles. The Hall–Kier alpha value is -5.91. The molecule has 0 bridgehead atoms. The summed E-state index contributed by atoms with van der Waals surface area (Å²) < 4.78 is 20.6. The summed E-state index contributed by atoms with van der Waals surface area (Å²) in [6.45, 7) is 0. The van der Waals surface area contributed by atoms with Crippen molar-refractivity contribution in [2.45, 2.75) is 12.2 Å². The first-order valence-corrected chi connectivity index (χ1v) is 12.7. The Morgan fingerprint density at radius 2 is 1.19 bits per heavy atom. The van der Waals surface area contributed by atoms with Crippen LogP contribution in [0, 0.1) is 0 Å². The van der Waals surface area contributed by atoms with Gasteiger partial charge in [0.05, 0.1) is 25.3 Å². The van der Waals surface area contributed by atoms with Crippen LogP contribution in [-0.4, -0.2) is 61.3 Å². The summed E-state index contributed by atoms with van der Waals surface area (Å²) in [5, 5.41) is 11.3. The van der Waals surface area contributed by atoms with Crippen molar-refractivity contribution in [2.24, 2.45) is 0 Å². The fourth-order valence-electron chi connectivity index (χ4n) is 4.04. The first-order chi connectivity index (χ1) is 20.7. The van der Waals surface area contributed by atoms with E-state index in [-0.39, 0.29) is 28.2 Å². The van der Waals surface area contributed by atoms with Crippen LogP contribution in [0.2, 0.25) is 0 Å². The van der Waals surface area contributed by atoms with E-state index in [1.165, 1.54) is 56.7 Å². The van der Waals surface area contributed by atoms with Gasteiger partial charge in [0.1, 0.15) is 11.5 Å². The minimum absolute atomic E-state index is 0.0831. The molecule has 0 aliphatic rings. The maximum absolute atomic E-state index is 13.3. The molecule has 4 aromatic rings. The molecular weight excluding hydrogens is 560 g/mol. The van der Waals surface area contributed by atoms with E-state index in [1.807, 2.05) is 0 Å². The highest BCUT2D eigenvalue weighted by Crippen LogP contribution is 2.20. The molecule has 12 nitrogen and oxygen atoms in total. The van der Waals surface area contributed by atoms with Crippen LogP contribution in [0.3, 0.4) is 0 Å². The van der Waals surface area contributed by atoms with Crippen molar-refractivity contribution in [3.8, 4) is 11.5 Å². The SMILES string of the molecule is COc1cccc(C(=O)O[C@@H](C(=O)O)[C@@H](OC(=O)c2cccc(OC)c2)C(=O)NNC(=O)c2cccc3ccccc23)c1. The molecule has 2 amide bonds. The van der Waals surface area contributed by atoms with Gasteiger partial charge in [0.25, 0.3) is 11.8 Å². The number of hydrogen-bond donors (Lipinski definition) is 3. The van der Waals surface area contributed by atoms with Crippen molar-refractivity contribution >= 4 is 40.5 Å². The summed E-state index contributed by atoms with van der Waals surface area (Å²) in [7, 11) is 2.74. The van der Waals surface area contributed by atoms with Gasteiger partial charge in [0.2, 0.25) is 12.2 Å². The Morgan fingerprint density at radius 1 is 0.651 bits per heavy atom. The Balaban J connectivity index is 1.60. The molecule has 0 radical (unpaired) electrons. The van der Waals surface area contributed by atoms with E-state index in [1.54, 1.807) is 48.5 Å². The molecule has 43 heavy (non-hydrogen) atoms. The Labute approximate surface area is 245 Å². The van der Waals surface area contributed by atoms with E-state index in [9.17, 15) is 29.1 Å². The lowest BCUT2D eigenvalue weighted by molar-refractivity contribution is -0.159. The van der Waals surface area contributed by atoms with Gasteiger partial charge >= 0.3 is 17.9 Å². The van der Waals surface area contributed by atoms with Crippen LogP contribution in [0.5, 0.6) is 11.5 Å². The van der Waals surface area contributed by atoms with Crippen LogP contribution < -0.4 is 20.3 Å². The van der Waals surface area contributed by atoms with Crippen molar-refractivity contribution in [1.29, 1.82) is 0 Å². The van der Waals surface area contributed by atoms with Gasteiger partial charge < -0.3 is 24.1 Å². The zero-order chi connectivity index (χ0) is 30.9. The molecule has 0 aliphatic carbocycles. The van der Waals surface area contributed by atoms with E-state index in [0.29, 0.717) is 5.39 Å². The van der Waals surface area contributed by atoms with E-state index in [2.05, 4.69) is 10.9 Å². The van der Waals surface area contributed by atoms with Crippen molar-refractivity contribution in [1.82, 2.24) is 10.9 Å². The topological polar surface area (TPSA) is 167 Å². The lowest BCUT2D eigenvalue weighted by Crippen LogP contribution is -2.54. The minimum Gasteiger partial charge on any atom is -0.497 e. The second-order valence-corrected chi connectivity index (χ2v) is 8.92. The zero-order valence-electron chi connectivity index (χ0n) is 22.9. The first-order valence-electron chi connectivity index (χ1n) is 12.7. The standard InChI is InChI=1S/C31H26N2O10/c1-40-21-12-5-10-19(16-21)30(38)42-25(26(29(36)37)43-31(39)20-11-6-13-22(17-20)41-2)28(35)33-32-27(34)24-15-7-9-18-8-3-4-14-23(18)24/h3-17,25-26H,1-2H3,(H,32,34)(H,33,35)(H,36,37)/t25-,26-/m1/s1. The molecule has 0 spiro atoms. The maximum Gasteiger partial charge on any atom is 0.349 e. The molecule has 0 unspecified atom stereocenters. The van der Waals surface area contributed by atoms with Gasteiger partial charge in [0.15, 0.2) is 0 Å². The second kappa shape index (κ2) is 13.6. The number of nitrogens with one attached hydrogen (secondary N) is 2. The molecule has 12 heteroatoms. The van der Waals surface area contributed by atoms with E-state index in [4.69, 9.17) is 18.9 Å². The van der Waals surface area contributed by atoms with E-state index in [0.717, 1.165) is 5.39 Å². The van der Waals surface area contributed by atoms with Crippen LogP contribution in [-0.2, 0) is 19.1 Å². The molecule has 3 N–H and O–H groups in total. The van der Waals surface area contributed by atoms with Gasteiger partial charge in [-0.1, -0.05) is 48.5 Å². The number of methoxy groups -OCH3 is 2. The fraction of sp³-hybridized carbons (Fsp3) is 0.129. The summed E-state index contributed by atoms with van der Waals surface area (Å²) in [6.07, 6.45) is -4.55. The molecule has 4 aromatic carbocycles. The Morgan fingerprint density at radius 3 is 1.77 bits per heavy atom. The van der Waals surface area contributed by atoms with Crippen molar-refractivity contribution in [3.63, 3.8) is 0 Å². The summed E-state index contributed by atoms with van der Waals surface area (Å²) in [5.41, 5.74) is 4.31. The molecular formula is C31H26N2O10. The third-order valence-corrected chi connectivity index (χ3v) is 6.19. The third-order valence-electron chi connectivity index (χ3n) is 6.19. The van der Waals surface area contributed by atoms with Crippen LogP contribution in [0.1, 0.15) is 31.1 Å². The van der Waals surface area contributed by atoms with Gasteiger partial charge in [-0.3, -0.25) is 20.4 Å². The van der Waals surface area contributed by atoms with Gasteiger partial charge in [-0.25, -0.2) is 14.4 Å². The van der Waals surface area contributed by atoms with Gasteiger partial charge in [-0.05, 0) is 53.2 Å². The van der Waals surface area contributed by atoms with E-state index < -0.39 is 41.9 Å². The molecule has 0 fully saturated rings. The highest BCUT2D eigenvalue weighted by Gasteiger charge is 2.41. The van der Waals surface area contributed by atoms with Crippen molar-refractivity contribution in [2.75, 3.05) is 14.2 Å². The number of carboxylic acids is 1. The monoisotopic (exact) mass is 586 g/mol. The molecule has 2 atom stereocenters. The molecule has 4 rings (SSSR count). The lowest BCUT2D eigenvalue weighted by atomic mass is 10.0. The highest BCUT2D eigenvalue weighted by atomic mass is 16.6. The smallest absolute Gasteiger partial charge is 0.349 e. The number of ether oxygens (including phenoxy) is 4. The lowest BCUT2D eigenvalue weighted by Gasteiger charge is -2.23. The van der Waals surface area contributed by atoms with Gasteiger partial charge in [-0.2, -0.15) is 0 Å². The number of esters is 2. The number of fused-ring (bicyclic) bond motifs is 1. The third kappa shape index (κ3) is 7.24. The van der Waals surface area contributed by atoms with Crippen LogP contribution in [0.4, 0.5) is 0 Å².